The number of nitrogens with zero attached hydrogens (tertiary/aromatic N) is 3. The molecule has 6 heteroatoms. The van der Waals surface area contributed by atoms with E-state index in [-0.39, 0.29) is 5.91 Å². The number of hydrogen-bond acceptors (Lipinski definition) is 4. The third kappa shape index (κ3) is 4.80. The Kier molecular flexibility index (Phi) is 6.72. The second kappa shape index (κ2) is 9.22. The van der Waals surface area contributed by atoms with Crippen LogP contribution >= 0.6 is 11.8 Å². The molecule has 0 spiro atoms. The van der Waals surface area contributed by atoms with Gasteiger partial charge in [-0.15, -0.1) is 16.8 Å². The molecule has 0 aliphatic heterocycles. The maximum Gasteiger partial charge on any atom is 0.230 e. The average Bonchev–Trinajstić information content (AvgIpc) is 3.05. The molecule has 0 radical (unpaired) electrons. The van der Waals surface area contributed by atoms with Crippen LogP contribution in [-0.4, -0.2) is 32.5 Å². The van der Waals surface area contributed by atoms with Crippen molar-refractivity contribution in [2.45, 2.75) is 57.3 Å². The number of benzene rings is 1. The van der Waals surface area contributed by atoms with Gasteiger partial charge in [0.2, 0.25) is 5.91 Å². The molecule has 1 saturated carbocycles. The number of aryl methyl sites for hydroxylation is 1. The Bertz CT molecular complexity index is 801. The van der Waals surface area contributed by atoms with E-state index in [0.717, 1.165) is 28.5 Å². The number of carbonyl (C=O) groups is 1. The molecule has 0 saturated heterocycles. The van der Waals surface area contributed by atoms with Crippen LogP contribution in [0.15, 0.2) is 42.1 Å². The first-order valence-electron chi connectivity index (χ1n) is 9.62. The van der Waals surface area contributed by atoms with E-state index in [1.54, 1.807) is 0 Å². The number of aromatic nitrogens is 3. The highest BCUT2D eigenvalue weighted by Gasteiger charge is 2.23. The lowest BCUT2D eigenvalue weighted by Crippen LogP contribution is -2.41. The largest absolute Gasteiger partial charge is 0.352 e. The van der Waals surface area contributed by atoms with Crippen LogP contribution in [0.5, 0.6) is 0 Å². The number of nitrogens with one attached hydrogen (secondary N) is 1. The Morgan fingerprint density at radius 2 is 2.11 bits per heavy atom. The molecule has 2 aromatic rings. The monoisotopic (exact) mass is 384 g/mol. The molecular weight excluding hydrogens is 356 g/mol. The first-order chi connectivity index (χ1) is 13.1. The van der Waals surface area contributed by atoms with E-state index in [1.165, 1.54) is 31.0 Å². The lowest BCUT2D eigenvalue weighted by Gasteiger charge is -2.29. The van der Waals surface area contributed by atoms with E-state index in [2.05, 4.69) is 42.0 Å². The second-order valence-electron chi connectivity index (χ2n) is 7.24. The minimum Gasteiger partial charge on any atom is -0.352 e. The van der Waals surface area contributed by atoms with Gasteiger partial charge in [0.25, 0.3) is 0 Å². The molecule has 144 valence electrons. The minimum absolute atomic E-state index is 0.0735. The standard InChI is InChI=1S/C21H28N4OS/c1-4-13-25-20(17-11-7-5-9-15(17)2)23-24-21(25)27-14-19(26)22-18-12-8-6-10-16(18)3/h4-5,7,9,11,16,18H,1,6,8,10,12-14H2,2-3H3,(H,22,26)/t16-,18-/m1/s1. The molecule has 1 N–H and O–H groups in total. The average molecular weight is 385 g/mol. The zero-order valence-electron chi connectivity index (χ0n) is 16.1. The number of rotatable bonds is 7. The summed E-state index contributed by atoms with van der Waals surface area (Å²) in [6.45, 7) is 8.75. The third-order valence-corrected chi connectivity index (χ3v) is 6.17. The third-order valence-electron chi connectivity index (χ3n) is 5.20. The molecule has 1 fully saturated rings. The van der Waals surface area contributed by atoms with Crippen LogP contribution in [0.2, 0.25) is 0 Å². The summed E-state index contributed by atoms with van der Waals surface area (Å²) in [5.74, 6) is 1.80. The Morgan fingerprint density at radius 3 is 2.85 bits per heavy atom. The summed E-state index contributed by atoms with van der Waals surface area (Å²) in [5, 5.41) is 12.7. The number of thioether (sulfide) groups is 1. The predicted octanol–water partition coefficient (Wildman–Crippen LogP) is 4.23. The van der Waals surface area contributed by atoms with Crippen molar-refractivity contribution in [1.29, 1.82) is 0 Å². The highest BCUT2D eigenvalue weighted by atomic mass is 32.2. The van der Waals surface area contributed by atoms with Crippen molar-refractivity contribution >= 4 is 17.7 Å². The van der Waals surface area contributed by atoms with Gasteiger partial charge in [-0.1, -0.05) is 61.9 Å². The number of hydrogen-bond donors (Lipinski definition) is 1. The summed E-state index contributed by atoms with van der Waals surface area (Å²) in [6, 6.07) is 8.43. The predicted molar refractivity (Wildman–Crippen MR) is 111 cm³/mol. The van der Waals surface area contributed by atoms with E-state index in [4.69, 9.17) is 0 Å². The van der Waals surface area contributed by atoms with Gasteiger partial charge >= 0.3 is 0 Å². The topological polar surface area (TPSA) is 59.8 Å². The zero-order chi connectivity index (χ0) is 19.2. The van der Waals surface area contributed by atoms with Crippen LogP contribution in [-0.2, 0) is 11.3 Å². The van der Waals surface area contributed by atoms with E-state index >= 15 is 0 Å². The van der Waals surface area contributed by atoms with Crippen molar-refractivity contribution in [2.24, 2.45) is 5.92 Å². The highest BCUT2D eigenvalue weighted by Crippen LogP contribution is 2.27. The van der Waals surface area contributed by atoms with Gasteiger partial charge in [0.05, 0.1) is 5.75 Å². The van der Waals surface area contributed by atoms with Crippen LogP contribution < -0.4 is 5.32 Å². The lowest BCUT2D eigenvalue weighted by molar-refractivity contribution is -0.119. The summed E-state index contributed by atoms with van der Waals surface area (Å²) < 4.78 is 2.02. The molecule has 1 aromatic heterocycles. The van der Waals surface area contributed by atoms with Crippen molar-refractivity contribution in [2.75, 3.05) is 5.75 Å². The Balaban J connectivity index is 1.69. The summed E-state index contributed by atoms with van der Waals surface area (Å²) in [6.07, 6.45) is 6.59. The molecule has 27 heavy (non-hydrogen) atoms. The first kappa shape index (κ1) is 19.7. The fourth-order valence-corrected chi connectivity index (χ4v) is 4.38. The van der Waals surface area contributed by atoms with Gasteiger partial charge in [0, 0.05) is 18.2 Å². The SMILES string of the molecule is C=CCn1c(SCC(=O)N[C@@H]2CCCC[C@H]2C)nnc1-c1ccccc1C. The quantitative estimate of drug-likeness (QED) is 0.573. The maximum atomic E-state index is 12.4. The van der Waals surface area contributed by atoms with E-state index in [1.807, 2.05) is 28.8 Å². The van der Waals surface area contributed by atoms with Crippen molar-refractivity contribution in [1.82, 2.24) is 20.1 Å². The van der Waals surface area contributed by atoms with E-state index in [9.17, 15) is 4.79 Å². The van der Waals surface area contributed by atoms with Gasteiger partial charge in [-0.05, 0) is 31.2 Å². The fraction of sp³-hybridized carbons (Fsp3) is 0.476. The van der Waals surface area contributed by atoms with Crippen LogP contribution in [0.25, 0.3) is 11.4 Å². The number of carbonyl (C=O) groups excluding carboxylic acids is 1. The van der Waals surface area contributed by atoms with Crippen molar-refractivity contribution < 1.29 is 4.79 Å². The van der Waals surface area contributed by atoms with Gasteiger partial charge in [-0.3, -0.25) is 9.36 Å². The lowest BCUT2D eigenvalue weighted by atomic mass is 9.86. The van der Waals surface area contributed by atoms with Crippen LogP contribution in [0, 0.1) is 12.8 Å². The molecule has 5 nitrogen and oxygen atoms in total. The highest BCUT2D eigenvalue weighted by molar-refractivity contribution is 7.99. The van der Waals surface area contributed by atoms with Crippen molar-refractivity contribution in [3.63, 3.8) is 0 Å². The van der Waals surface area contributed by atoms with Gasteiger partial charge in [-0.2, -0.15) is 0 Å². The molecule has 1 heterocycles. The van der Waals surface area contributed by atoms with Gasteiger partial charge in [-0.25, -0.2) is 0 Å². The number of amides is 1. The smallest absolute Gasteiger partial charge is 0.230 e. The molecule has 1 amide bonds. The molecule has 2 atom stereocenters. The molecule has 1 aliphatic carbocycles. The first-order valence-corrected chi connectivity index (χ1v) is 10.6. The summed E-state index contributed by atoms with van der Waals surface area (Å²) in [4.78, 5) is 12.4. The molecule has 3 rings (SSSR count). The molecule has 1 aliphatic rings. The fourth-order valence-electron chi connectivity index (χ4n) is 3.62. The normalized spacial score (nSPS) is 19.6. The Morgan fingerprint density at radius 1 is 1.33 bits per heavy atom. The van der Waals surface area contributed by atoms with Gasteiger partial charge in [0.15, 0.2) is 11.0 Å². The summed E-state index contributed by atoms with van der Waals surface area (Å²) in [5.41, 5.74) is 2.20. The van der Waals surface area contributed by atoms with Gasteiger partial charge < -0.3 is 5.32 Å². The van der Waals surface area contributed by atoms with Crippen molar-refractivity contribution in [3.8, 4) is 11.4 Å². The van der Waals surface area contributed by atoms with Crippen molar-refractivity contribution in [3.05, 3.63) is 42.5 Å². The van der Waals surface area contributed by atoms with E-state index in [0.29, 0.717) is 24.3 Å². The van der Waals surface area contributed by atoms with Crippen LogP contribution in [0.4, 0.5) is 0 Å². The molecule has 1 aromatic carbocycles. The van der Waals surface area contributed by atoms with E-state index < -0.39 is 0 Å². The van der Waals surface area contributed by atoms with Crippen LogP contribution in [0.3, 0.4) is 0 Å². The molecular formula is C21H28N4OS. The summed E-state index contributed by atoms with van der Waals surface area (Å²) >= 11 is 1.44. The Labute approximate surface area is 165 Å². The van der Waals surface area contributed by atoms with Gasteiger partial charge in [0.1, 0.15) is 0 Å². The molecule has 0 unspecified atom stereocenters. The maximum absolute atomic E-state index is 12.4. The zero-order valence-corrected chi connectivity index (χ0v) is 17.0. The number of allylic oxidation sites excluding steroid dienone is 1. The second-order valence-corrected chi connectivity index (χ2v) is 8.19. The minimum atomic E-state index is 0.0735. The summed E-state index contributed by atoms with van der Waals surface area (Å²) in [7, 11) is 0. The Hall–Kier alpha value is -2.08. The van der Waals surface area contributed by atoms with Crippen LogP contribution in [0.1, 0.15) is 38.2 Å². The molecule has 0 bridgehead atoms.